The van der Waals surface area contributed by atoms with Crippen LogP contribution < -0.4 is 56.7 Å². The van der Waals surface area contributed by atoms with Gasteiger partial charge in [-0.2, -0.15) is 0 Å². The van der Waals surface area contributed by atoms with Crippen LogP contribution in [0, 0.1) is 5.92 Å². The van der Waals surface area contributed by atoms with Gasteiger partial charge in [-0.05, 0) is 5.92 Å². The number of rotatable bonds is 3. The van der Waals surface area contributed by atoms with Crippen molar-refractivity contribution < 1.29 is 78.7 Å². The van der Waals surface area contributed by atoms with Crippen molar-refractivity contribution in [1.82, 2.24) is 5.32 Å². The smallest absolute Gasteiger partial charge is 0.740 e. The van der Waals surface area contributed by atoms with E-state index >= 15 is 0 Å². The molecule has 7 nitrogen and oxygen atoms in total. The maximum Gasteiger partial charge on any atom is 1.00 e. The zero-order chi connectivity index (χ0) is 12.2. The monoisotopic (exact) mass is 277 g/mol. The molecule has 0 radical (unpaired) electrons. The molecule has 0 fully saturated rings. The maximum absolute atomic E-state index is 11.1. The van der Waals surface area contributed by atoms with E-state index in [1.807, 2.05) is 0 Å². The van der Waals surface area contributed by atoms with Crippen molar-refractivity contribution in [2.24, 2.45) is 5.92 Å². The molecule has 16 heavy (non-hydrogen) atoms. The minimum atomic E-state index is -5.08. The van der Waals surface area contributed by atoms with Crippen LogP contribution in [0.5, 0.6) is 0 Å². The first-order valence-corrected chi connectivity index (χ1v) is 5.45. The second-order valence-corrected chi connectivity index (χ2v) is 4.41. The first kappa shape index (κ1) is 18.8. The van der Waals surface area contributed by atoms with Gasteiger partial charge in [-0.3, -0.25) is 4.79 Å². The summed E-state index contributed by atoms with van der Waals surface area (Å²) in [6.45, 7) is 3.14. The molecular formula is C7H12KNO6S. The molecule has 0 aromatic carbocycles. The summed E-state index contributed by atoms with van der Waals surface area (Å²) in [6.07, 6.45) is 0. The van der Waals surface area contributed by atoms with Gasteiger partial charge in [0.05, 0.1) is 7.11 Å². The summed E-state index contributed by atoms with van der Waals surface area (Å²) in [7, 11) is -3.99. The van der Waals surface area contributed by atoms with Crippen LogP contribution in [0.2, 0.25) is 0 Å². The predicted octanol–water partition coefficient (Wildman–Crippen LogP) is -3.56. The molecule has 0 aromatic heterocycles. The van der Waals surface area contributed by atoms with Crippen LogP contribution in [0.3, 0.4) is 0 Å². The minimum Gasteiger partial charge on any atom is -0.740 e. The molecule has 9 heteroatoms. The molecule has 0 aliphatic carbocycles. The fourth-order valence-electron chi connectivity index (χ4n) is 0.824. The Morgan fingerprint density at radius 1 is 1.31 bits per heavy atom. The van der Waals surface area contributed by atoms with Crippen LogP contribution in [0.15, 0.2) is 0 Å². The molecule has 88 valence electrons. The van der Waals surface area contributed by atoms with Gasteiger partial charge in [0, 0.05) is 0 Å². The summed E-state index contributed by atoms with van der Waals surface area (Å²) in [5, 5.41) is 0.0631. The molecule has 1 amide bonds. The van der Waals surface area contributed by atoms with Gasteiger partial charge in [0.1, 0.15) is 6.04 Å². The Labute approximate surface area is 136 Å². The third-order valence-corrected chi connectivity index (χ3v) is 2.19. The number of ether oxygens (including phenoxy) is 1. The van der Waals surface area contributed by atoms with E-state index in [1.165, 1.54) is 0 Å². The van der Waals surface area contributed by atoms with Crippen LogP contribution in [-0.2, 0) is 19.6 Å². The number of nitrogens with one attached hydrogen (secondary N) is 1. The van der Waals surface area contributed by atoms with Crippen molar-refractivity contribution in [2.45, 2.75) is 19.9 Å². The van der Waals surface area contributed by atoms with Crippen molar-refractivity contribution in [3.05, 3.63) is 0 Å². The average molecular weight is 277 g/mol. The van der Waals surface area contributed by atoms with Gasteiger partial charge < -0.3 is 14.6 Å². The van der Waals surface area contributed by atoms with Crippen molar-refractivity contribution in [3.8, 4) is 0 Å². The van der Waals surface area contributed by atoms with Crippen LogP contribution in [0.25, 0.3) is 0 Å². The number of amides is 1. The molecule has 0 heterocycles. The fourth-order valence-corrected chi connectivity index (χ4v) is 1.10. The van der Waals surface area contributed by atoms with Crippen LogP contribution >= 0.6 is 0 Å². The molecule has 0 saturated heterocycles. The van der Waals surface area contributed by atoms with E-state index in [4.69, 9.17) is 0 Å². The van der Waals surface area contributed by atoms with Crippen LogP contribution in [-0.4, -0.2) is 37.3 Å². The van der Waals surface area contributed by atoms with Crippen LogP contribution in [0.4, 0.5) is 4.79 Å². The number of carbonyl (C=O) groups is 2. The Morgan fingerprint density at radius 2 is 1.75 bits per heavy atom. The molecular weight excluding hydrogens is 265 g/mol. The third kappa shape index (κ3) is 6.28. The molecule has 0 aliphatic heterocycles. The van der Waals surface area contributed by atoms with Crippen LogP contribution in [0.1, 0.15) is 13.8 Å². The molecule has 0 rings (SSSR count). The number of esters is 1. The first-order valence-electron chi connectivity index (χ1n) is 4.04. The van der Waals surface area contributed by atoms with Crippen molar-refractivity contribution in [1.29, 1.82) is 0 Å². The Kier molecular flexibility index (Phi) is 9.12. The number of methoxy groups -OCH3 is 1. The SMILES string of the molecule is COC(=O)[C@@H](NC(=O)S(=O)(=O)[O-])C(C)C.[K+]. The Hall–Kier alpha value is 0.486. The van der Waals surface area contributed by atoms with E-state index in [-0.39, 0.29) is 57.3 Å². The first-order chi connectivity index (χ1) is 6.70. The van der Waals surface area contributed by atoms with Gasteiger partial charge in [0.15, 0.2) is 10.1 Å². The quantitative estimate of drug-likeness (QED) is 0.324. The van der Waals surface area contributed by atoms with Crippen molar-refractivity contribution in [3.63, 3.8) is 0 Å². The maximum atomic E-state index is 11.1. The fraction of sp³-hybridized carbons (Fsp3) is 0.714. The van der Waals surface area contributed by atoms with Gasteiger partial charge in [0.25, 0.3) is 0 Å². The standard InChI is InChI=1S/C7H13NO6S.K/c1-4(2)5(6(9)14-3)8-7(10)15(11,12)13;/h4-5H,1-3H3,(H,8,10)(H,11,12,13);/q;+1/p-1/t5-;/m0./s1. The van der Waals surface area contributed by atoms with E-state index in [0.29, 0.717) is 0 Å². The summed E-state index contributed by atoms with van der Waals surface area (Å²) in [5.74, 6) is -1.19. The summed E-state index contributed by atoms with van der Waals surface area (Å²) >= 11 is 0. The number of hydrogen-bond donors (Lipinski definition) is 1. The molecule has 0 spiro atoms. The average Bonchev–Trinajstić information content (AvgIpc) is 2.10. The second-order valence-electron chi connectivity index (χ2n) is 3.13. The normalized spacial score (nSPS) is 12.6. The largest absolute Gasteiger partial charge is 1.00 e. The van der Waals surface area contributed by atoms with E-state index in [1.54, 1.807) is 19.2 Å². The molecule has 0 aliphatic rings. The third-order valence-electron chi connectivity index (χ3n) is 1.62. The molecule has 0 unspecified atom stereocenters. The van der Waals surface area contributed by atoms with Gasteiger partial charge in [0.2, 0.25) is 0 Å². The molecule has 0 bridgehead atoms. The van der Waals surface area contributed by atoms with Crippen molar-refractivity contribution >= 4 is 21.3 Å². The summed E-state index contributed by atoms with van der Waals surface area (Å²) in [6, 6.07) is -1.15. The van der Waals surface area contributed by atoms with Gasteiger partial charge >= 0.3 is 62.6 Å². The zero-order valence-corrected chi connectivity index (χ0v) is 13.5. The van der Waals surface area contributed by atoms with Gasteiger partial charge in [-0.15, -0.1) is 0 Å². The Morgan fingerprint density at radius 3 is 2.00 bits per heavy atom. The Balaban J connectivity index is 0. The molecule has 1 N–H and O–H groups in total. The minimum absolute atomic E-state index is 0. The van der Waals surface area contributed by atoms with Crippen molar-refractivity contribution in [2.75, 3.05) is 7.11 Å². The van der Waals surface area contributed by atoms with E-state index in [9.17, 15) is 22.6 Å². The molecule has 0 saturated carbocycles. The topological polar surface area (TPSA) is 113 Å². The zero-order valence-electron chi connectivity index (χ0n) is 9.51. The Bertz CT molecular complexity index is 352. The second kappa shape index (κ2) is 7.74. The van der Waals surface area contributed by atoms with Gasteiger partial charge in [-0.1, -0.05) is 13.8 Å². The number of carbonyl (C=O) groups excluding carboxylic acids is 2. The summed E-state index contributed by atoms with van der Waals surface area (Å²) in [5.41, 5.74) is 0. The summed E-state index contributed by atoms with van der Waals surface area (Å²) in [4.78, 5) is 21.9. The summed E-state index contributed by atoms with van der Waals surface area (Å²) < 4.78 is 35.2. The predicted molar refractivity (Wildman–Crippen MR) is 48.9 cm³/mol. The molecule has 1 atom stereocenters. The molecule has 0 aromatic rings. The van der Waals surface area contributed by atoms with Gasteiger partial charge in [-0.25, -0.2) is 13.2 Å². The van der Waals surface area contributed by atoms with E-state index in [0.717, 1.165) is 7.11 Å². The van der Waals surface area contributed by atoms with E-state index < -0.39 is 27.4 Å². The van der Waals surface area contributed by atoms with E-state index in [2.05, 4.69) is 4.74 Å². The number of hydrogen-bond acceptors (Lipinski definition) is 6.